The summed E-state index contributed by atoms with van der Waals surface area (Å²) < 4.78 is 26.8. The first-order valence-electron chi connectivity index (χ1n) is 6.89. The van der Waals surface area contributed by atoms with E-state index >= 15 is 0 Å². The fourth-order valence-electron chi connectivity index (χ4n) is 2.52. The van der Waals surface area contributed by atoms with E-state index < -0.39 is 14.9 Å². The Morgan fingerprint density at radius 3 is 2.76 bits per heavy atom. The number of hydrogen-bond donors (Lipinski definition) is 1. The van der Waals surface area contributed by atoms with Crippen molar-refractivity contribution in [2.24, 2.45) is 5.73 Å². The van der Waals surface area contributed by atoms with Crippen molar-refractivity contribution in [1.29, 1.82) is 0 Å². The Labute approximate surface area is 123 Å². The second kappa shape index (κ2) is 6.08. The van der Waals surface area contributed by atoms with E-state index in [1.807, 2.05) is 6.92 Å². The molecule has 1 fully saturated rings. The SMILES string of the molecule is CCc1ccc([N+](=O)[O-])cc1S(=O)(=O)N1CCCC(N)C1. The molecule has 21 heavy (non-hydrogen) atoms. The van der Waals surface area contributed by atoms with Gasteiger partial charge in [0.2, 0.25) is 10.0 Å². The summed E-state index contributed by atoms with van der Waals surface area (Å²) in [6.07, 6.45) is 1.99. The van der Waals surface area contributed by atoms with Gasteiger partial charge in [-0.1, -0.05) is 13.0 Å². The number of hydrogen-bond acceptors (Lipinski definition) is 5. The average molecular weight is 313 g/mol. The third-order valence-corrected chi connectivity index (χ3v) is 5.63. The summed E-state index contributed by atoms with van der Waals surface area (Å²) >= 11 is 0. The Kier molecular flexibility index (Phi) is 4.60. The fourth-order valence-corrected chi connectivity index (χ4v) is 4.37. The van der Waals surface area contributed by atoms with Gasteiger partial charge >= 0.3 is 0 Å². The molecule has 0 aliphatic carbocycles. The van der Waals surface area contributed by atoms with E-state index in [0.29, 0.717) is 24.9 Å². The summed E-state index contributed by atoms with van der Waals surface area (Å²) in [5.41, 5.74) is 6.20. The molecule has 0 spiro atoms. The van der Waals surface area contributed by atoms with Gasteiger partial charge in [-0.3, -0.25) is 10.1 Å². The van der Waals surface area contributed by atoms with Crippen LogP contribution < -0.4 is 5.73 Å². The molecule has 1 saturated heterocycles. The van der Waals surface area contributed by atoms with Crippen molar-refractivity contribution in [1.82, 2.24) is 4.31 Å². The summed E-state index contributed by atoms with van der Waals surface area (Å²) in [4.78, 5) is 10.3. The third-order valence-electron chi connectivity index (χ3n) is 3.68. The largest absolute Gasteiger partial charge is 0.327 e. The van der Waals surface area contributed by atoms with Gasteiger partial charge in [-0.05, 0) is 24.8 Å². The maximum atomic E-state index is 12.7. The van der Waals surface area contributed by atoms with Crippen LogP contribution in [0.1, 0.15) is 25.3 Å². The van der Waals surface area contributed by atoms with Crippen LogP contribution in [0.3, 0.4) is 0 Å². The quantitative estimate of drug-likeness (QED) is 0.665. The number of rotatable bonds is 4. The molecule has 1 aromatic carbocycles. The van der Waals surface area contributed by atoms with Crippen LogP contribution in [0.2, 0.25) is 0 Å². The lowest BCUT2D eigenvalue weighted by Gasteiger charge is -2.30. The minimum absolute atomic E-state index is 0.0216. The van der Waals surface area contributed by atoms with Crippen LogP contribution in [-0.4, -0.2) is 36.8 Å². The summed E-state index contributed by atoms with van der Waals surface area (Å²) in [5, 5.41) is 10.9. The number of nitro benzene ring substituents is 1. The first-order chi connectivity index (χ1) is 9.86. The lowest BCUT2D eigenvalue weighted by atomic mass is 10.1. The van der Waals surface area contributed by atoms with E-state index in [0.717, 1.165) is 12.5 Å². The maximum Gasteiger partial charge on any atom is 0.270 e. The number of benzene rings is 1. The Balaban J connectivity index is 2.47. The molecule has 0 amide bonds. The molecule has 2 N–H and O–H groups in total. The second-order valence-electron chi connectivity index (χ2n) is 5.17. The molecule has 116 valence electrons. The molecule has 0 radical (unpaired) electrons. The molecular weight excluding hydrogens is 294 g/mol. The zero-order chi connectivity index (χ0) is 15.6. The molecule has 0 bridgehead atoms. The highest BCUT2D eigenvalue weighted by atomic mass is 32.2. The Bertz CT molecular complexity index is 645. The third kappa shape index (κ3) is 3.22. The van der Waals surface area contributed by atoms with Crippen molar-refractivity contribution in [3.05, 3.63) is 33.9 Å². The van der Waals surface area contributed by atoms with Gasteiger partial charge < -0.3 is 5.73 Å². The number of nitrogens with zero attached hydrogens (tertiary/aromatic N) is 2. The number of nitrogens with two attached hydrogens (primary N) is 1. The zero-order valence-corrected chi connectivity index (χ0v) is 12.7. The van der Waals surface area contributed by atoms with E-state index in [2.05, 4.69) is 0 Å². The lowest BCUT2D eigenvalue weighted by molar-refractivity contribution is -0.385. The van der Waals surface area contributed by atoms with Gasteiger partial charge in [0.1, 0.15) is 0 Å². The molecule has 1 unspecified atom stereocenters. The van der Waals surface area contributed by atoms with Gasteiger partial charge in [0, 0.05) is 31.3 Å². The van der Waals surface area contributed by atoms with Crippen molar-refractivity contribution in [3.63, 3.8) is 0 Å². The van der Waals surface area contributed by atoms with Gasteiger partial charge in [0.15, 0.2) is 0 Å². The number of aryl methyl sites for hydroxylation is 1. The highest BCUT2D eigenvalue weighted by Crippen LogP contribution is 2.27. The van der Waals surface area contributed by atoms with Gasteiger partial charge in [0.25, 0.3) is 5.69 Å². The topological polar surface area (TPSA) is 107 Å². The zero-order valence-electron chi connectivity index (χ0n) is 11.9. The summed E-state index contributed by atoms with van der Waals surface area (Å²) in [5.74, 6) is 0. The van der Waals surface area contributed by atoms with E-state index in [1.54, 1.807) is 0 Å². The average Bonchev–Trinajstić information content (AvgIpc) is 2.46. The smallest absolute Gasteiger partial charge is 0.270 e. The van der Waals surface area contributed by atoms with Crippen LogP contribution in [0.4, 0.5) is 5.69 Å². The van der Waals surface area contributed by atoms with E-state index in [9.17, 15) is 18.5 Å². The van der Waals surface area contributed by atoms with Crippen LogP contribution in [0.15, 0.2) is 23.1 Å². The van der Waals surface area contributed by atoms with Crippen LogP contribution >= 0.6 is 0 Å². The molecule has 0 aromatic heterocycles. The molecule has 1 heterocycles. The standard InChI is InChI=1S/C13H19N3O4S/c1-2-10-5-6-12(16(17)18)8-13(10)21(19,20)15-7-3-4-11(14)9-15/h5-6,8,11H,2-4,7,9,14H2,1H3. The molecule has 0 saturated carbocycles. The Morgan fingerprint density at radius 1 is 1.48 bits per heavy atom. The van der Waals surface area contributed by atoms with Gasteiger partial charge in [-0.25, -0.2) is 8.42 Å². The minimum Gasteiger partial charge on any atom is -0.327 e. The maximum absolute atomic E-state index is 12.7. The predicted octanol–water partition coefficient (Wildman–Crippen LogP) is 1.27. The summed E-state index contributed by atoms with van der Waals surface area (Å²) in [6, 6.07) is 3.81. The normalized spacial score (nSPS) is 20.4. The molecule has 1 aliphatic heterocycles. The fraction of sp³-hybridized carbons (Fsp3) is 0.538. The predicted molar refractivity (Wildman–Crippen MR) is 78.4 cm³/mol. The van der Waals surface area contributed by atoms with Crippen molar-refractivity contribution >= 4 is 15.7 Å². The highest BCUT2D eigenvalue weighted by molar-refractivity contribution is 7.89. The number of sulfonamides is 1. The van der Waals surface area contributed by atoms with Gasteiger partial charge in [-0.2, -0.15) is 4.31 Å². The van der Waals surface area contributed by atoms with E-state index in [1.165, 1.54) is 16.4 Å². The Hall–Kier alpha value is -1.51. The second-order valence-corrected chi connectivity index (χ2v) is 7.07. The number of piperidine rings is 1. The van der Waals surface area contributed by atoms with E-state index in [-0.39, 0.29) is 23.2 Å². The molecule has 1 aromatic rings. The first-order valence-corrected chi connectivity index (χ1v) is 8.33. The summed E-state index contributed by atoms with van der Waals surface area (Å²) in [6.45, 7) is 2.48. The van der Waals surface area contributed by atoms with E-state index in [4.69, 9.17) is 5.73 Å². The van der Waals surface area contributed by atoms with Crippen LogP contribution in [0.5, 0.6) is 0 Å². The monoisotopic (exact) mass is 313 g/mol. The molecule has 7 nitrogen and oxygen atoms in total. The molecule has 2 rings (SSSR count). The summed E-state index contributed by atoms with van der Waals surface area (Å²) in [7, 11) is -3.74. The molecule has 1 atom stereocenters. The Morgan fingerprint density at radius 2 is 2.19 bits per heavy atom. The molecule has 8 heteroatoms. The minimum atomic E-state index is -3.74. The lowest BCUT2D eigenvalue weighted by Crippen LogP contribution is -2.45. The number of nitro groups is 1. The van der Waals surface area contributed by atoms with Crippen molar-refractivity contribution in [2.75, 3.05) is 13.1 Å². The van der Waals surface area contributed by atoms with Crippen LogP contribution in [-0.2, 0) is 16.4 Å². The van der Waals surface area contributed by atoms with Gasteiger partial charge in [-0.15, -0.1) is 0 Å². The molecular formula is C13H19N3O4S. The van der Waals surface area contributed by atoms with Crippen LogP contribution in [0.25, 0.3) is 0 Å². The highest BCUT2D eigenvalue weighted by Gasteiger charge is 2.31. The first kappa shape index (κ1) is 15.9. The molecule has 1 aliphatic rings. The van der Waals surface area contributed by atoms with Crippen molar-refractivity contribution in [3.8, 4) is 0 Å². The number of non-ortho nitro benzene ring substituents is 1. The van der Waals surface area contributed by atoms with Crippen molar-refractivity contribution < 1.29 is 13.3 Å². The van der Waals surface area contributed by atoms with Crippen molar-refractivity contribution in [2.45, 2.75) is 37.1 Å². The van der Waals surface area contributed by atoms with Gasteiger partial charge in [0.05, 0.1) is 9.82 Å². The van der Waals surface area contributed by atoms with Crippen LogP contribution in [0, 0.1) is 10.1 Å².